The molecular formula is C18H12Cl2F3N3O. The molecule has 0 spiro atoms. The predicted octanol–water partition coefficient (Wildman–Crippen LogP) is 5.38. The fourth-order valence-corrected chi connectivity index (χ4v) is 3.03. The van der Waals surface area contributed by atoms with Crippen molar-refractivity contribution >= 4 is 34.8 Å². The van der Waals surface area contributed by atoms with Crippen molar-refractivity contribution in [2.24, 2.45) is 0 Å². The highest BCUT2D eigenvalue weighted by molar-refractivity contribution is 6.36. The third kappa shape index (κ3) is 4.43. The second kappa shape index (κ2) is 7.62. The highest BCUT2D eigenvalue weighted by Crippen LogP contribution is 2.36. The Morgan fingerprint density at radius 3 is 2.41 bits per heavy atom. The molecule has 2 aromatic carbocycles. The number of halogens is 5. The number of alkyl halides is 3. The number of anilines is 1. The molecule has 0 aliphatic rings. The molecule has 1 heterocycles. The quantitative estimate of drug-likeness (QED) is 0.623. The lowest BCUT2D eigenvalue weighted by Crippen LogP contribution is -2.19. The zero-order valence-corrected chi connectivity index (χ0v) is 15.1. The maximum absolute atomic E-state index is 13.5. The van der Waals surface area contributed by atoms with Gasteiger partial charge in [-0.1, -0.05) is 29.3 Å². The summed E-state index contributed by atoms with van der Waals surface area (Å²) in [4.78, 5) is 12.3. The van der Waals surface area contributed by atoms with Crippen molar-refractivity contribution in [1.82, 2.24) is 9.78 Å². The van der Waals surface area contributed by atoms with Crippen LogP contribution in [0.3, 0.4) is 0 Å². The van der Waals surface area contributed by atoms with Gasteiger partial charge in [-0.2, -0.15) is 18.3 Å². The van der Waals surface area contributed by atoms with Crippen LogP contribution in [-0.2, 0) is 17.4 Å². The number of benzene rings is 2. The third-order valence-corrected chi connectivity index (χ3v) is 4.46. The Balaban J connectivity index is 1.89. The Labute approximate surface area is 162 Å². The number of aromatic nitrogens is 2. The molecule has 0 unspecified atom stereocenters. The van der Waals surface area contributed by atoms with E-state index in [1.165, 1.54) is 29.2 Å². The van der Waals surface area contributed by atoms with Crippen LogP contribution < -0.4 is 5.32 Å². The normalized spacial score (nSPS) is 11.4. The number of carbonyl (C=O) groups excluding carboxylic acids is 1. The van der Waals surface area contributed by atoms with Gasteiger partial charge < -0.3 is 5.32 Å². The first-order chi connectivity index (χ1) is 12.8. The van der Waals surface area contributed by atoms with E-state index in [1.807, 2.05) is 0 Å². The molecule has 0 saturated carbocycles. The zero-order valence-electron chi connectivity index (χ0n) is 13.6. The minimum Gasteiger partial charge on any atom is -0.325 e. The second-order valence-electron chi connectivity index (χ2n) is 5.60. The fourth-order valence-electron chi connectivity index (χ4n) is 2.50. The average Bonchev–Trinajstić information content (AvgIpc) is 3.12. The molecule has 4 nitrogen and oxygen atoms in total. The molecule has 27 heavy (non-hydrogen) atoms. The highest BCUT2D eigenvalue weighted by atomic mass is 35.5. The first kappa shape index (κ1) is 19.3. The summed E-state index contributed by atoms with van der Waals surface area (Å²) in [6.07, 6.45) is -1.94. The standard InChI is InChI=1S/C18H12Cl2F3N3O/c19-14-3-1-4-15(20)12(14)10-17(27)25-16-6-5-11(26-8-2-7-24-26)9-13(16)18(21,22)23/h1-9H,10H2,(H,25,27). The summed E-state index contributed by atoms with van der Waals surface area (Å²) in [5.74, 6) is -0.665. The van der Waals surface area contributed by atoms with E-state index in [-0.39, 0.29) is 27.8 Å². The molecule has 0 bridgehead atoms. The number of hydrogen-bond acceptors (Lipinski definition) is 2. The van der Waals surface area contributed by atoms with Gasteiger partial charge in [0.25, 0.3) is 0 Å². The lowest BCUT2D eigenvalue weighted by atomic mass is 10.1. The van der Waals surface area contributed by atoms with E-state index in [1.54, 1.807) is 24.3 Å². The highest BCUT2D eigenvalue weighted by Gasteiger charge is 2.34. The minimum atomic E-state index is -4.66. The molecule has 1 amide bonds. The lowest BCUT2D eigenvalue weighted by molar-refractivity contribution is -0.137. The summed E-state index contributed by atoms with van der Waals surface area (Å²) < 4.78 is 41.7. The number of nitrogens with zero attached hydrogens (tertiary/aromatic N) is 2. The molecule has 0 saturated heterocycles. The van der Waals surface area contributed by atoms with Gasteiger partial charge in [-0.25, -0.2) is 4.68 Å². The van der Waals surface area contributed by atoms with Crippen LogP contribution >= 0.6 is 23.2 Å². The number of hydrogen-bond donors (Lipinski definition) is 1. The Hall–Kier alpha value is -2.51. The lowest BCUT2D eigenvalue weighted by Gasteiger charge is -2.16. The smallest absolute Gasteiger partial charge is 0.325 e. The van der Waals surface area contributed by atoms with E-state index >= 15 is 0 Å². The molecule has 140 valence electrons. The van der Waals surface area contributed by atoms with E-state index in [2.05, 4.69) is 10.4 Å². The van der Waals surface area contributed by atoms with Crippen LogP contribution in [0, 0.1) is 0 Å². The molecule has 0 fully saturated rings. The maximum Gasteiger partial charge on any atom is 0.418 e. The average molecular weight is 414 g/mol. The van der Waals surface area contributed by atoms with Crippen molar-refractivity contribution in [2.45, 2.75) is 12.6 Å². The molecule has 0 atom stereocenters. The van der Waals surface area contributed by atoms with E-state index in [9.17, 15) is 18.0 Å². The first-order valence-electron chi connectivity index (χ1n) is 7.69. The van der Waals surface area contributed by atoms with Crippen LogP contribution in [0.1, 0.15) is 11.1 Å². The Morgan fingerprint density at radius 2 is 1.81 bits per heavy atom. The number of carbonyl (C=O) groups is 1. The Kier molecular flexibility index (Phi) is 5.43. The van der Waals surface area contributed by atoms with Gasteiger partial charge in [0.1, 0.15) is 0 Å². The van der Waals surface area contributed by atoms with Crippen molar-refractivity contribution in [2.75, 3.05) is 5.32 Å². The molecular weight excluding hydrogens is 402 g/mol. The van der Waals surface area contributed by atoms with E-state index in [4.69, 9.17) is 23.2 Å². The van der Waals surface area contributed by atoms with Gasteiger partial charge in [-0.05, 0) is 42.0 Å². The second-order valence-corrected chi connectivity index (χ2v) is 6.42. The molecule has 0 aliphatic carbocycles. The SMILES string of the molecule is O=C(Cc1c(Cl)cccc1Cl)Nc1ccc(-n2cccn2)cc1C(F)(F)F. The summed E-state index contributed by atoms with van der Waals surface area (Å²) >= 11 is 12.0. The van der Waals surface area contributed by atoms with Crippen molar-refractivity contribution in [3.8, 4) is 5.69 Å². The van der Waals surface area contributed by atoms with E-state index in [0.29, 0.717) is 5.56 Å². The molecule has 0 radical (unpaired) electrons. The van der Waals surface area contributed by atoms with E-state index < -0.39 is 17.6 Å². The van der Waals surface area contributed by atoms with Crippen LogP contribution in [0.15, 0.2) is 54.9 Å². The molecule has 1 N–H and O–H groups in total. The minimum absolute atomic E-state index is 0.222. The summed E-state index contributed by atoms with van der Waals surface area (Å²) in [5, 5.41) is 6.73. The van der Waals surface area contributed by atoms with Crippen LogP contribution in [0.2, 0.25) is 10.0 Å². The number of nitrogens with one attached hydrogen (secondary N) is 1. The van der Waals surface area contributed by atoms with Crippen molar-refractivity contribution < 1.29 is 18.0 Å². The van der Waals surface area contributed by atoms with Crippen LogP contribution in [0.5, 0.6) is 0 Å². The fraction of sp³-hybridized carbons (Fsp3) is 0.111. The molecule has 0 aliphatic heterocycles. The van der Waals surface area contributed by atoms with E-state index in [0.717, 1.165) is 6.07 Å². The van der Waals surface area contributed by atoms with Crippen molar-refractivity contribution in [3.63, 3.8) is 0 Å². The third-order valence-electron chi connectivity index (χ3n) is 3.75. The van der Waals surface area contributed by atoms with Crippen LogP contribution in [0.4, 0.5) is 18.9 Å². The maximum atomic E-state index is 13.5. The Bertz CT molecular complexity index is 952. The largest absolute Gasteiger partial charge is 0.418 e. The van der Waals surface area contributed by atoms with Gasteiger partial charge in [-0.3, -0.25) is 4.79 Å². The van der Waals surface area contributed by atoms with Gasteiger partial charge in [0.2, 0.25) is 5.91 Å². The van der Waals surface area contributed by atoms with Crippen molar-refractivity contribution in [1.29, 1.82) is 0 Å². The molecule has 3 aromatic rings. The van der Waals surface area contributed by atoms with Gasteiger partial charge in [0.15, 0.2) is 0 Å². The molecule has 1 aromatic heterocycles. The van der Waals surface area contributed by atoms with Crippen LogP contribution in [-0.4, -0.2) is 15.7 Å². The summed E-state index contributed by atoms with van der Waals surface area (Å²) in [7, 11) is 0. The summed E-state index contributed by atoms with van der Waals surface area (Å²) in [6.45, 7) is 0. The van der Waals surface area contributed by atoms with Crippen LogP contribution in [0.25, 0.3) is 5.69 Å². The number of rotatable bonds is 4. The molecule has 3 rings (SSSR count). The summed E-state index contributed by atoms with van der Waals surface area (Å²) in [5.41, 5.74) is -0.764. The topological polar surface area (TPSA) is 46.9 Å². The summed E-state index contributed by atoms with van der Waals surface area (Å²) in [6, 6.07) is 9.85. The predicted molar refractivity (Wildman–Crippen MR) is 97.4 cm³/mol. The van der Waals surface area contributed by atoms with Gasteiger partial charge >= 0.3 is 6.18 Å². The van der Waals surface area contributed by atoms with Gasteiger partial charge in [-0.15, -0.1) is 0 Å². The Morgan fingerprint density at radius 1 is 1.11 bits per heavy atom. The monoisotopic (exact) mass is 413 g/mol. The first-order valence-corrected chi connectivity index (χ1v) is 8.45. The van der Waals surface area contributed by atoms with Gasteiger partial charge in [0, 0.05) is 22.4 Å². The molecule has 9 heteroatoms. The number of amides is 1. The van der Waals surface area contributed by atoms with Gasteiger partial charge in [0.05, 0.1) is 23.4 Å². The van der Waals surface area contributed by atoms with Crippen molar-refractivity contribution in [3.05, 3.63) is 76.0 Å². The zero-order chi connectivity index (χ0) is 19.6.